The summed E-state index contributed by atoms with van der Waals surface area (Å²) in [4.78, 5) is 22.9. The largest absolute Gasteiger partial charge is 0.496 e. The highest BCUT2D eigenvalue weighted by Crippen LogP contribution is 2.18. The molecule has 0 radical (unpaired) electrons. The van der Waals surface area contributed by atoms with Crippen molar-refractivity contribution in [1.82, 2.24) is 15.3 Å². The number of hydrogen-bond acceptors (Lipinski definition) is 5. The van der Waals surface area contributed by atoms with Crippen LogP contribution < -0.4 is 15.0 Å². The summed E-state index contributed by atoms with van der Waals surface area (Å²) in [5.74, 6) is 1.35. The van der Waals surface area contributed by atoms with E-state index in [-0.39, 0.29) is 5.91 Å². The summed E-state index contributed by atoms with van der Waals surface area (Å²) >= 11 is 0. The van der Waals surface area contributed by atoms with E-state index in [1.54, 1.807) is 13.3 Å². The quantitative estimate of drug-likeness (QED) is 0.915. The minimum atomic E-state index is -0.239. The molecule has 0 aliphatic carbocycles. The van der Waals surface area contributed by atoms with E-state index in [0.29, 0.717) is 12.2 Å². The van der Waals surface area contributed by atoms with Crippen LogP contribution in [0.15, 0.2) is 36.7 Å². The van der Waals surface area contributed by atoms with E-state index in [1.165, 1.54) is 19.0 Å². The molecule has 3 rings (SSSR count). The lowest BCUT2D eigenvalue weighted by Crippen LogP contribution is -2.25. The van der Waals surface area contributed by atoms with Gasteiger partial charge in [-0.15, -0.1) is 0 Å². The van der Waals surface area contributed by atoms with Crippen LogP contribution >= 0.6 is 0 Å². The number of para-hydroxylation sites is 1. The highest BCUT2D eigenvalue weighted by Gasteiger charge is 2.15. The molecule has 1 fully saturated rings. The molecule has 2 heterocycles. The van der Waals surface area contributed by atoms with Gasteiger partial charge in [-0.3, -0.25) is 4.79 Å². The maximum absolute atomic E-state index is 12.2. The summed E-state index contributed by atoms with van der Waals surface area (Å²) in [5, 5.41) is 2.84. The average Bonchev–Trinajstić information content (AvgIpc) is 3.14. The van der Waals surface area contributed by atoms with Gasteiger partial charge in [0.25, 0.3) is 5.91 Å². The Balaban J connectivity index is 1.61. The number of amides is 1. The molecule has 0 atom stereocenters. The molecule has 1 amide bonds. The molecule has 6 heteroatoms. The van der Waals surface area contributed by atoms with E-state index in [4.69, 9.17) is 4.74 Å². The molecule has 2 aromatic rings. The van der Waals surface area contributed by atoms with Gasteiger partial charge < -0.3 is 15.0 Å². The second-order valence-corrected chi connectivity index (χ2v) is 5.45. The van der Waals surface area contributed by atoms with Gasteiger partial charge in [0.1, 0.15) is 17.3 Å². The third-order valence-electron chi connectivity index (χ3n) is 3.93. The first-order valence-corrected chi connectivity index (χ1v) is 7.75. The fraction of sp³-hybridized carbons (Fsp3) is 0.353. The second-order valence-electron chi connectivity index (χ2n) is 5.45. The van der Waals surface area contributed by atoms with Crippen molar-refractivity contribution in [2.45, 2.75) is 19.4 Å². The molecule has 120 valence electrons. The van der Waals surface area contributed by atoms with Crippen LogP contribution in [0.3, 0.4) is 0 Å². The van der Waals surface area contributed by atoms with Crippen LogP contribution in [0.4, 0.5) is 5.82 Å². The number of aromatic nitrogens is 2. The molecule has 0 saturated carbocycles. The van der Waals surface area contributed by atoms with Crippen LogP contribution in [0.5, 0.6) is 5.75 Å². The first-order valence-electron chi connectivity index (χ1n) is 7.75. The Morgan fingerprint density at radius 3 is 2.70 bits per heavy atom. The molecule has 0 bridgehead atoms. The Labute approximate surface area is 135 Å². The molecule has 1 aliphatic rings. The van der Waals surface area contributed by atoms with Crippen molar-refractivity contribution in [1.29, 1.82) is 0 Å². The number of nitrogens with zero attached hydrogens (tertiary/aromatic N) is 3. The number of carbonyl (C=O) groups excluding carboxylic acids is 1. The van der Waals surface area contributed by atoms with E-state index >= 15 is 0 Å². The SMILES string of the molecule is COc1ccccc1CNC(=O)c1cnc(N2CCCC2)cn1. The highest BCUT2D eigenvalue weighted by atomic mass is 16.5. The van der Waals surface area contributed by atoms with Crippen LogP contribution in [0.1, 0.15) is 28.9 Å². The molecule has 0 spiro atoms. The summed E-state index contributed by atoms with van der Waals surface area (Å²) < 4.78 is 5.27. The number of benzene rings is 1. The molecular formula is C17H20N4O2. The summed E-state index contributed by atoms with van der Waals surface area (Å²) in [5.41, 5.74) is 1.24. The summed E-state index contributed by atoms with van der Waals surface area (Å²) in [6.45, 7) is 2.40. The van der Waals surface area contributed by atoms with Crippen LogP contribution in [0, 0.1) is 0 Å². The maximum atomic E-state index is 12.2. The molecular weight excluding hydrogens is 292 g/mol. The summed E-state index contributed by atoms with van der Waals surface area (Å²) in [6.07, 6.45) is 5.57. The van der Waals surface area contributed by atoms with Gasteiger partial charge in [-0.1, -0.05) is 18.2 Å². The van der Waals surface area contributed by atoms with Gasteiger partial charge in [0.05, 0.1) is 19.5 Å². The van der Waals surface area contributed by atoms with Gasteiger partial charge >= 0.3 is 0 Å². The minimum absolute atomic E-state index is 0.239. The molecule has 0 unspecified atom stereocenters. The van der Waals surface area contributed by atoms with Gasteiger partial charge in [-0.2, -0.15) is 0 Å². The number of hydrogen-bond donors (Lipinski definition) is 1. The van der Waals surface area contributed by atoms with Gasteiger partial charge in [0.2, 0.25) is 0 Å². The van der Waals surface area contributed by atoms with Crippen molar-refractivity contribution in [2.75, 3.05) is 25.1 Å². The minimum Gasteiger partial charge on any atom is -0.496 e. The third kappa shape index (κ3) is 3.59. The lowest BCUT2D eigenvalue weighted by atomic mass is 10.2. The van der Waals surface area contributed by atoms with Crippen LogP contribution in [-0.2, 0) is 6.54 Å². The predicted octanol–water partition coefficient (Wildman–Crippen LogP) is 2.02. The lowest BCUT2D eigenvalue weighted by molar-refractivity contribution is 0.0945. The molecule has 23 heavy (non-hydrogen) atoms. The average molecular weight is 312 g/mol. The molecule has 1 aromatic heterocycles. The fourth-order valence-electron chi connectivity index (χ4n) is 2.66. The number of ether oxygens (including phenoxy) is 1. The predicted molar refractivity (Wildman–Crippen MR) is 87.6 cm³/mol. The fourth-order valence-corrected chi connectivity index (χ4v) is 2.66. The van der Waals surface area contributed by atoms with Crippen molar-refractivity contribution in [3.8, 4) is 5.75 Å². The monoisotopic (exact) mass is 312 g/mol. The Morgan fingerprint density at radius 2 is 2.00 bits per heavy atom. The topological polar surface area (TPSA) is 67.3 Å². The normalized spacial score (nSPS) is 13.9. The van der Waals surface area contributed by atoms with Gasteiger partial charge in [-0.05, 0) is 18.9 Å². The Kier molecular flexibility index (Phi) is 4.71. The van der Waals surface area contributed by atoms with Crippen molar-refractivity contribution in [3.63, 3.8) is 0 Å². The lowest BCUT2D eigenvalue weighted by Gasteiger charge is -2.15. The van der Waals surface area contributed by atoms with Gasteiger partial charge in [0.15, 0.2) is 0 Å². The van der Waals surface area contributed by atoms with Crippen LogP contribution in [0.25, 0.3) is 0 Å². The Hall–Kier alpha value is -2.63. The zero-order chi connectivity index (χ0) is 16.1. The number of rotatable bonds is 5. The molecule has 1 saturated heterocycles. The molecule has 1 N–H and O–H groups in total. The summed E-state index contributed by atoms with van der Waals surface area (Å²) in [7, 11) is 1.61. The van der Waals surface area contributed by atoms with E-state index in [2.05, 4.69) is 20.2 Å². The van der Waals surface area contributed by atoms with E-state index in [9.17, 15) is 4.79 Å². The summed E-state index contributed by atoms with van der Waals surface area (Å²) in [6, 6.07) is 7.59. The standard InChI is InChI=1S/C17H20N4O2/c1-23-15-7-3-2-6-13(15)10-20-17(22)14-11-19-16(12-18-14)21-8-4-5-9-21/h2-3,6-7,11-12H,4-5,8-10H2,1H3,(H,20,22). The number of carbonyl (C=O) groups is 1. The molecule has 1 aromatic carbocycles. The van der Waals surface area contributed by atoms with Crippen LogP contribution in [0.2, 0.25) is 0 Å². The zero-order valence-corrected chi connectivity index (χ0v) is 13.2. The van der Waals surface area contributed by atoms with Crippen LogP contribution in [-0.4, -0.2) is 36.1 Å². The highest BCUT2D eigenvalue weighted by molar-refractivity contribution is 5.92. The first-order chi connectivity index (χ1) is 11.3. The molecule has 1 aliphatic heterocycles. The van der Waals surface area contributed by atoms with E-state index in [0.717, 1.165) is 30.2 Å². The second kappa shape index (κ2) is 7.09. The number of methoxy groups -OCH3 is 1. The number of anilines is 1. The van der Waals surface area contributed by atoms with E-state index in [1.807, 2.05) is 24.3 Å². The third-order valence-corrected chi connectivity index (χ3v) is 3.93. The van der Waals surface area contributed by atoms with Crippen molar-refractivity contribution in [3.05, 3.63) is 47.9 Å². The zero-order valence-electron chi connectivity index (χ0n) is 13.2. The number of nitrogens with one attached hydrogen (secondary N) is 1. The first kappa shape index (κ1) is 15.3. The Bertz CT molecular complexity index is 667. The van der Waals surface area contributed by atoms with Gasteiger partial charge in [-0.25, -0.2) is 9.97 Å². The van der Waals surface area contributed by atoms with Crippen molar-refractivity contribution in [2.24, 2.45) is 0 Å². The van der Waals surface area contributed by atoms with Crippen molar-refractivity contribution >= 4 is 11.7 Å². The van der Waals surface area contributed by atoms with Crippen molar-refractivity contribution < 1.29 is 9.53 Å². The van der Waals surface area contributed by atoms with Gasteiger partial charge in [0, 0.05) is 25.2 Å². The smallest absolute Gasteiger partial charge is 0.271 e. The molecule has 6 nitrogen and oxygen atoms in total. The Morgan fingerprint density at radius 1 is 1.22 bits per heavy atom. The van der Waals surface area contributed by atoms with E-state index < -0.39 is 0 Å². The maximum Gasteiger partial charge on any atom is 0.271 e.